The molecule has 4 nitrogen and oxygen atoms in total. The lowest BCUT2D eigenvalue weighted by atomic mass is 10.0. The first-order valence-corrected chi connectivity index (χ1v) is 7.74. The molecule has 0 saturated carbocycles. The van der Waals surface area contributed by atoms with E-state index in [1.54, 1.807) is 0 Å². The Bertz CT molecular complexity index is 453. The number of fused-ring (bicyclic) bond motifs is 2. The van der Waals surface area contributed by atoms with Gasteiger partial charge in [-0.2, -0.15) is 0 Å². The summed E-state index contributed by atoms with van der Waals surface area (Å²) < 4.78 is 2.48. The molecule has 2 atom stereocenters. The summed E-state index contributed by atoms with van der Waals surface area (Å²) in [5.74, 6) is 3.12. The first-order chi connectivity index (χ1) is 9.29. The van der Waals surface area contributed by atoms with Gasteiger partial charge in [-0.05, 0) is 38.1 Å². The second-order valence-corrected chi connectivity index (χ2v) is 6.71. The van der Waals surface area contributed by atoms with Crippen molar-refractivity contribution in [2.75, 3.05) is 33.2 Å². The zero-order valence-corrected chi connectivity index (χ0v) is 11.9. The van der Waals surface area contributed by atoms with E-state index in [0.29, 0.717) is 0 Å². The Morgan fingerprint density at radius 2 is 1.95 bits per heavy atom. The van der Waals surface area contributed by atoms with Gasteiger partial charge in [-0.25, -0.2) is 4.98 Å². The molecule has 2 unspecified atom stereocenters. The van der Waals surface area contributed by atoms with Gasteiger partial charge in [0.25, 0.3) is 0 Å². The van der Waals surface area contributed by atoms with Crippen LogP contribution in [0.3, 0.4) is 0 Å². The molecule has 0 aromatic carbocycles. The fraction of sp³-hybridized carbons (Fsp3) is 0.800. The SMILES string of the molecule is CN1CC2CN(Cc3ncc4n3CCCC4)CC2C1. The van der Waals surface area contributed by atoms with Crippen LogP contribution in [0.2, 0.25) is 0 Å². The highest BCUT2D eigenvalue weighted by Gasteiger charge is 2.38. The molecule has 19 heavy (non-hydrogen) atoms. The average molecular weight is 260 g/mol. The summed E-state index contributed by atoms with van der Waals surface area (Å²) in [6, 6.07) is 0. The number of imidazole rings is 1. The van der Waals surface area contributed by atoms with Crippen molar-refractivity contribution < 1.29 is 0 Å². The van der Waals surface area contributed by atoms with Crippen molar-refractivity contribution >= 4 is 0 Å². The van der Waals surface area contributed by atoms with Crippen molar-refractivity contribution in [1.82, 2.24) is 19.4 Å². The molecule has 4 heterocycles. The van der Waals surface area contributed by atoms with Crippen LogP contribution in [0.25, 0.3) is 0 Å². The molecule has 0 amide bonds. The van der Waals surface area contributed by atoms with E-state index in [4.69, 9.17) is 0 Å². The molecule has 0 bridgehead atoms. The van der Waals surface area contributed by atoms with Crippen LogP contribution in [0.5, 0.6) is 0 Å². The molecule has 3 aliphatic heterocycles. The number of aryl methyl sites for hydroxylation is 1. The second kappa shape index (κ2) is 4.60. The van der Waals surface area contributed by atoms with Gasteiger partial charge in [0, 0.05) is 44.6 Å². The smallest absolute Gasteiger partial charge is 0.123 e. The summed E-state index contributed by atoms with van der Waals surface area (Å²) in [6.07, 6.45) is 6.00. The summed E-state index contributed by atoms with van der Waals surface area (Å²) in [4.78, 5) is 9.80. The number of hydrogen-bond donors (Lipinski definition) is 0. The van der Waals surface area contributed by atoms with Crippen LogP contribution in [0.15, 0.2) is 6.20 Å². The number of rotatable bonds is 2. The van der Waals surface area contributed by atoms with Crippen LogP contribution in [0.1, 0.15) is 24.4 Å². The summed E-state index contributed by atoms with van der Waals surface area (Å²) in [6.45, 7) is 7.39. The third-order valence-corrected chi connectivity index (χ3v) is 5.19. The summed E-state index contributed by atoms with van der Waals surface area (Å²) in [7, 11) is 2.26. The fourth-order valence-electron chi connectivity index (χ4n) is 4.28. The predicted molar refractivity (Wildman–Crippen MR) is 74.9 cm³/mol. The standard InChI is InChI=1S/C15H24N4/c1-17-7-12-9-18(10-13(12)8-17)11-15-16-6-14-4-2-3-5-19(14)15/h6,12-13H,2-5,7-11H2,1H3. The lowest BCUT2D eigenvalue weighted by molar-refractivity contribution is 0.262. The highest BCUT2D eigenvalue weighted by atomic mass is 15.2. The summed E-state index contributed by atoms with van der Waals surface area (Å²) in [5.41, 5.74) is 1.46. The molecule has 4 rings (SSSR count). The van der Waals surface area contributed by atoms with E-state index < -0.39 is 0 Å². The largest absolute Gasteiger partial charge is 0.331 e. The van der Waals surface area contributed by atoms with Crippen LogP contribution in [0.4, 0.5) is 0 Å². The zero-order valence-electron chi connectivity index (χ0n) is 11.9. The molecule has 0 aliphatic carbocycles. The lowest BCUT2D eigenvalue weighted by Gasteiger charge is -2.21. The topological polar surface area (TPSA) is 24.3 Å². The molecule has 104 valence electrons. The molecule has 4 heteroatoms. The van der Waals surface area contributed by atoms with Gasteiger partial charge in [0.2, 0.25) is 0 Å². The van der Waals surface area contributed by atoms with E-state index >= 15 is 0 Å². The minimum Gasteiger partial charge on any atom is -0.331 e. The molecule has 1 aromatic heterocycles. The number of likely N-dealkylation sites (tertiary alicyclic amines) is 2. The Morgan fingerprint density at radius 3 is 2.74 bits per heavy atom. The highest BCUT2D eigenvalue weighted by Crippen LogP contribution is 2.31. The minimum absolute atomic E-state index is 0.904. The van der Waals surface area contributed by atoms with Crippen molar-refractivity contribution in [1.29, 1.82) is 0 Å². The zero-order chi connectivity index (χ0) is 12.8. The monoisotopic (exact) mass is 260 g/mol. The Morgan fingerprint density at radius 1 is 1.16 bits per heavy atom. The molecular formula is C15H24N4. The van der Waals surface area contributed by atoms with Crippen molar-refractivity contribution in [3.8, 4) is 0 Å². The Kier molecular flexibility index (Phi) is 2.88. The van der Waals surface area contributed by atoms with Crippen molar-refractivity contribution in [2.45, 2.75) is 32.4 Å². The number of hydrogen-bond acceptors (Lipinski definition) is 3. The van der Waals surface area contributed by atoms with E-state index in [1.807, 2.05) is 0 Å². The third-order valence-electron chi connectivity index (χ3n) is 5.19. The van der Waals surface area contributed by atoms with Crippen LogP contribution >= 0.6 is 0 Å². The van der Waals surface area contributed by atoms with Gasteiger partial charge in [0.1, 0.15) is 5.82 Å². The molecule has 2 saturated heterocycles. The summed E-state index contributed by atoms with van der Waals surface area (Å²) >= 11 is 0. The van der Waals surface area contributed by atoms with Crippen LogP contribution in [-0.2, 0) is 19.5 Å². The molecular weight excluding hydrogens is 236 g/mol. The summed E-state index contributed by atoms with van der Waals surface area (Å²) in [5, 5.41) is 0. The van der Waals surface area contributed by atoms with Crippen molar-refractivity contribution in [3.05, 3.63) is 17.7 Å². The Hall–Kier alpha value is -0.870. The average Bonchev–Trinajstić information content (AvgIpc) is 3.03. The molecule has 1 aromatic rings. The Labute approximate surface area is 115 Å². The van der Waals surface area contributed by atoms with Gasteiger partial charge >= 0.3 is 0 Å². The van der Waals surface area contributed by atoms with Crippen LogP contribution in [-0.4, -0.2) is 52.6 Å². The maximum Gasteiger partial charge on any atom is 0.123 e. The van der Waals surface area contributed by atoms with Crippen molar-refractivity contribution in [2.24, 2.45) is 11.8 Å². The van der Waals surface area contributed by atoms with E-state index in [0.717, 1.165) is 18.4 Å². The van der Waals surface area contributed by atoms with E-state index in [1.165, 1.54) is 63.5 Å². The van der Waals surface area contributed by atoms with Crippen molar-refractivity contribution in [3.63, 3.8) is 0 Å². The van der Waals surface area contributed by atoms with E-state index in [2.05, 4.69) is 32.6 Å². The van der Waals surface area contributed by atoms with Crippen LogP contribution in [0, 0.1) is 11.8 Å². The highest BCUT2D eigenvalue weighted by molar-refractivity contribution is 5.08. The quantitative estimate of drug-likeness (QED) is 0.799. The van der Waals surface area contributed by atoms with Gasteiger partial charge < -0.3 is 9.47 Å². The normalized spacial score (nSPS) is 31.6. The van der Waals surface area contributed by atoms with Gasteiger partial charge in [-0.15, -0.1) is 0 Å². The molecule has 0 radical (unpaired) electrons. The fourth-order valence-corrected chi connectivity index (χ4v) is 4.28. The van der Waals surface area contributed by atoms with Gasteiger partial charge in [-0.1, -0.05) is 0 Å². The van der Waals surface area contributed by atoms with E-state index in [9.17, 15) is 0 Å². The first kappa shape index (κ1) is 11.9. The molecule has 0 N–H and O–H groups in total. The van der Waals surface area contributed by atoms with E-state index in [-0.39, 0.29) is 0 Å². The predicted octanol–water partition coefficient (Wildman–Crippen LogP) is 1.21. The maximum absolute atomic E-state index is 4.68. The van der Waals surface area contributed by atoms with Gasteiger partial charge in [0.05, 0.1) is 6.54 Å². The first-order valence-electron chi connectivity index (χ1n) is 7.74. The minimum atomic E-state index is 0.904. The Balaban J connectivity index is 1.44. The van der Waals surface area contributed by atoms with Gasteiger partial charge in [-0.3, -0.25) is 4.90 Å². The molecule has 2 fully saturated rings. The van der Waals surface area contributed by atoms with Gasteiger partial charge in [0.15, 0.2) is 0 Å². The molecule has 0 spiro atoms. The third kappa shape index (κ3) is 2.11. The molecule has 3 aliphatic rings. The van der Waals surface area contributed by atoms with Crippen LogP contribution < -0.4 is 0 Å². The lowest BCUT2D eigenvalue weighted by Crippen LogP contribution is -2.28. The number of nitrogens with zero attached hydrogens (tertiary/aromatic N) is 4. The maximum atomic E-state index is 4.68. The second-order valence-electron chi connectivity index (χ2n) is 6.71. The number of aromatic nitrogens is 2.